The van der Waals surface area contributed by atoms with Crippen molar-refractivity contribution >= 4 is 50.7 Å². The van der Waals surface area contributed by atoms with Crippen LogP contribution >= 0.6 is 0 Å². The molecule has 0 spiro atoms. The van der Waals surface area contributed by atoms with E-state index in [2.05, 4.69) is 0 Å². The van der Waals surface area contributed by atoms with Crippen LogP contribution in [0.4, 0.5) is 51.8 Å². The van der Waals surface area contributed by atoms with Gasteiger partial charge < -0.3 is 51.8 Å². The second-order valence-corrected chi connectivity index (χ2v) is 4.30. The Morgan fingerprint density at radius 1 is 0.750 bits per heavy atom. The summed E-state index contributed by atoms with van der Waals surface area (Å²) in [5.41, 5.74) is 0. The van der Waals surface area contributed by atoms with E-state index >= 15 is 0 Å². The number of halogens is 12. The molecular formula is C4H9B3F12LiO3S-3. The number of hydrogen-bond donors (Lipinski definition) is 1. The zero-order valence-electron chi connectivity index (χ0n) is 10.8. The van der Waals surface area contributed by atoms with Crippen LogP contribution in [0.5, 0.6) is 0 Å². The summed E-state index contributed by atoms with van der Waals surface area (Å²) in [5.74, 6) is -0.288. The molecule has 0 aromatic carbocycles. The van der Waals surface area contributed by atoms with Crippen LogP contribution in [0.25, 0.3) is 0 Å². The maximum absolute atomic E-state index is 9.89. The zero-order valence-corrected chi connectivity index (χ0v) is 11.6. The third kappa shape index (κ3) is 433. The molecule has 0 bridgehead atoms. The summed E-state index contributed by atoms with van der Waals surface area (Å²) in [6.45, 7) is 1.69. The van der Waals surface area contributed by atoms with Crippen molar-refractivity contribution in [2.75, 3.05) is 5.75 Å². The molecule has 0 saturated heterocycles. The number of hydrogen-bond acceptors (Lipinski definition) is 2. The first-order valence-corrected chi connectivity index (χ1v) is 6.35. The molecule has 0 radical (unpaired) electrons. The fraction of sp³-hybridized carbons (Fsp3) is 0.500. The molecule has 0 atom stereocenters. The van der Waals surface area contributed by atoms with Gasteiger partial charge in [0.15, 0.2) is 0 Å². The fourth-order valence-electron chi connectivity index (χ4n) is 0.218. The Labute approximate surface area is 141 Å². The Morgan fingerprint density at radius 2 is 0.917 bits per heavy atom. The summed E-state index contributed by atoms with van der Waals surface area (Å²) >= 11 is 0. The summed E-state index contributed by atoms with van der Waals surface area (Å²) in [6, 6.07) is 0. The summed E-state index contributed by atoms with van der Waals surface area (Å²) < 4.78 is 145. The van der Waals surface area contributed by atoms with Crippen molar-refractivity contribution in [3.63, 3.8) is 0 Å². The van der Waals surface area contributed by atoms with Crippen LogP contribution in [0.3, 0.4) is 0 Å². The van der Waals surface area contributed by atoms with Gasteiger partial charge in [-0.3, -0.25) is 4.55 Å². The standard InChI is InChI=1S/C4H8O3S.3BF4.Li.H/c1-2-3-4-8(5,6)7;3*2-1(3,4)5;;/h2-3H,4H2,1H3,(H,5,6,7);;;;;/q;3*-1;;. The second-order valence-electron chi connectivity index (χ2n) is 2.80. The monoisotopic (exact) mass is 405 g/mol. The summed E-state index contributed by atoms with van der Waals surface area (Å²) in [5, 5.41) is 0. The third-order valence-electron chi connectivity index (χ3n) is 0.543. The maximum atomic E-state index is 9.89. The van der Waals surface area contributed by atoms with Crippen LogP contribution in [-0.2, 0) is 10.1 Å². The molecule has 0 aromatic rings. The molecule has 146 valence electrons. The molecule has 0 aliphatic heterocycles. The zero-order chi connectivity index (χ0) is 20.1. The Bertz CT molecular complexity index is 357. The summed E-state index contributed by atoms with van der Waals surface area (Å²) in [4.78, 5) is 0. The normalized spacial score (nSPS) is 11.8. The van der Waals surface area contributed by atoms with Crippen LogP contribution < -0.4 is 0 Å². The van der Waals surface area contributed by atoms with Gasteiger partial charge in [-0.25, -0.2) is 0 Å². The van der Waals surface area contributed by atoms with Crippen molar-refractivity contribution in [3.8, 4) is 0 Å². The van der Waals surface area contributed by atoms with Gasteiger partial charge in [-0.15, -0.1) is 0 Å². The number of allylic oxidation sites excluding steroid dienone is 1. The van der Waals surface area contributed by atoms with E-state index in [1.807, 2.05) is 0 Å². The Hall–Kier alpha value is -0.398. The quantitative estimate of drug-likeness (QED) is 0.330. The van der Waals surface area contributed by atoms with Crippen molar-refractivity contribution in [3.05, 3.63) is 12.2 Å². The van der Waals surface area contributed by atoms with Crippen molar-refractivity contribution in [2.24, 2.45) is 0 Å². The van der Waals surface area contributed by atoms with Crippen LogP contribution in [0.1, 0.15) is 6.92 Å². The first-order chi connectivity index (χ1) is 9.56. The van der Waals surface area contributed by atoms with Crippen molar-refractivity contribution in [2.45, 2.75) is 6.92 Å². The molecule has 20 heteroatoms. The van der Waals surface area contributed by atoms with E-state index in [9.17, 15) is 60.2 Å². The van der Waals surface area contributed by atoms with E-state index in [1.165, 1.54) is 6.08 Å². The Kier molecular flexibility index (Phi) is 21.6. The average Bonchev–Trinajstić information content (AvgIpc) is 2.04. The van der Waals surface area contributed by atoms with Crippen LogP contribution in [0.15, 0.2) is 12.2 Å². The number of rotatable bonds is 2. The van der Waals surface area contributed by atoms with Gasteiger partial charge in [-0.05, 0) is 6.92 Å². The van der Waals surface area contributed by atoms with Crippen LogP contribution in [-0.4, -0.2) is 59.3 Å². The molecule has 0 fully saturated rings. The molecule has 0 aromatic heterocycles. The van der Waals surface area contributed by atoms with Gasteiger partial charge in [0.2, 0.25) is 0 Å². The van der Waals surface area contributed by atoms with Crippen LogP contribution in [0, 0.1) is 0 Å². The molecule has 0 saturated carbocycles. The first-order valence-electron chi connectivity index (χ1n) is 4.74. The van der Waals surface area contributed by atoms with E-state index in [0.29, 0.717) is 0 Å². The van der Waals surface area contributed by atoms with Gasteiger partial charge in [-0.1, -0.05) is 12.2 Å². The molecule has 1 N–H and O–H groups in total. The van der Waals surface area contributed by atoms with Crippen molar-refractivity contribution in [1.82, 2.24) is 0 Å². The van der Waals surface area contributed by atoms with E-state index in [1.54, 1.807) is 13.0 Å². The van der Waals surface area contributed by atoms with Crippen LogP contribution in [0.2, 0.25) is 0 Å². The van der Waals surface area contributed by atoms with Gasteiger partial charge in [0.1, 0.15) is 0 Å². The van der Waals surface area contributed by atoms with E-state index < -0.39 is 31.9 Å². The van der Waals surface area contributed by atoms with E-state index in [4.69, 9.17) is 4.55 Å². The average molecular weight is 405 g/mol. The Balaban J connectivity index is -0.0000000677. The molecule has 0 aliphatic carbocycles. The molecule has 0 aliphatic rings. The van der Waals surface area contributed by atoms with E-state index in [-0.39, 0.29) is 24.6 Å². The summed E-state index contributed by atoms with van der Waals surface area (Å²) in [7, 11) is -21.8. The van der Waals surface area contributed by atoms with Gasteiger partial charge in [0.05, 0.1) is 5.75 Å². The molecule has 0 heterocycles. The van der Waals surface area contributed by atoms with Gasteiger partial charge in [-0.2, -0.15) is 8.42 Å². The van der Waals surface area contributed by atoms with Crippen molar-refractivity contribution in [1.29, 1.82) is 0 Å². The molecule has 0 amide bonds. The predicted molar refractivity (Wildman–Crippen MR) is 68.9 cm³/mol. The fourth-order valence-corrected chi connectivity index (χ4v) is 0.653. The van der Waals surface area contributed by atoms with Crippen molar-refractivity contribution < 1.29 is 64.8 Å². The Morgan fingerprint density at radius 3 is 0.958 bits per heavy atom. The van der Waals surface area contributed by atoms with Gasteiger partial charge >= 0.3 is 40.6 Å². The second kappa shape index (κ2) is 14.9. The summed E-state index contributed by atoms with van der Waals surface area (Å²) in [6.07, 6.45) is 2.93. The molecular weight excluding hydrogens is 395 g/mol. The topological polar surface area (TPSA) is 54.4 Å². The molecule has 0 unspecified atom stereocenters. The van der Waals surface area contributed by atoms with Gasteiger partial charge in [0, 0.05) is 0 Å². The van der Waals surface area contributed by atoms with Gasteiger partial charge in [0.25, 0.3) is 10.1 Å². The molecule has 24 heavy (non-hydrogen) atoms. The predicted octanol–water partition coefficient (Wildman–Crippen LogP) is 3.70. The molecule has 3 nitrogen and oxygen atoms in total. The SMILES string of the molecule is CC=CCS(=O)(=O)O.F[B-](F)(F)F.F[B-](F)(F)F.F[B-](F)(F)F.[LiH]. The third-order valence-corrected chi connectivity index (χ3v) is 1.16. The minimum atomic E-state index is -6.00. The van der Waals surface area contributed by atoms with E-state index in [0.717, 1.165) is 0 Å². The minimum absolute atomic E-state index is 0. The first kappa shape index (κ1) is 34.8. The molecule has 0 rings (SSSR count).